The van der Waals surface area contributed by atoms with Crippen molar-refractivity contribution in [3.05, 3.63) is 48.4 Å². The number of para-hydroxylation sites is 2. The second-order valence-corrected chi connectivity index (χ2v) is 6.08. The normalized spacial score (nSPS) is 11.9. The highest BCUT2D eigenvalue weighted by Crippen LogP contribution is 2.36. The van der Waals surface area contributed by atoms with Crippen molar-refractivity contribution in [1.29, 1.82) is 0 Å². The minimum absolute atomic E-state index is 0.553. The van der Waals surface area contributed by atoms with Gasteiger partial charge in [-0.3, -0.25) is 4.40 Å². The van der Waals surface area contributed by atoms with E-state index in [-0.39, 0.29) is 0 Å². The summed E-state index contributed by atoms with van der Waals surface area (Å²) in [4.78, 5) is 5.68. The van der Waals surface area contributed by atoms with E-state index in [4.69, 9.17) is 9.40 Å². The van der Waals surface area contributed by atoms with E-state index >= 15 is 0 Å². The van der Waals surface area contributed by atoms with Gasteiger partial charge in [-0.05, 0) is 24.3 Å². The van der Waals surface area contributed by atoms with Gasteiger partial charge in [-0.1, -0.05) is 29.5 Å². The first-order valence-corrected chi connectivity index (χ1v) is 7.72. The third-order valence-electron chi connectivity index (χ3n) is 3.71. The smallest absolute Gasteiger partial charge is 0.249 e. The van der Waals surface area contributed by atoms with Gasteiger partial charge in [0.15, 0.2) is 4.96 Å². The second-order valence-electron chi connectivity index (χ2n) is 5.10. The number of fused-ring (bicyclic) bond motifs is 5. The molecule has 6 heteroatoms. The van der Waals surface area contributed by atoms with Gasteiger partial charge in [-0.2, -0.15) is 0 Å². The number of aromatic nitrogens is 4. The van der Waals surface area contributed by atoms with Gasteiger partial charge in [0.2, 0.25) is 11.8 Å². The lowest BCUT2D eigenvalue weighted by Gasteiger charge is -1.98. The van der Waals surface area contributed by atoms with Crippen molar-refractivity contribution in [2.45, 2.75) is 6.92 Å². The summed E-state index contributed by atoms with van der Waals surface area (Å²) in [7, 11) is 0. The van der Waals surface area contributed by atoms with Crippen molar-refractivity contribution >= 4 is 37.5 Å². The maximum absolute atomic E-state index is 5.59. The molecule has 3 aromatic heterocycles. The third-order valence-corrected chi connectivity index (χ3v) is 4.80. The van der Waals surface area contributed by atoms with Gasteiger partial charge in [-0.15, -0.1) is 10.2 Å². The number of hydrogen-bond acceptors (Lipinski definition) is 5. The fourth-order valence-electron chi connectivity index (χ4n) is 2.78. The predicted octanol–water partition coefficient (Wildman–Crippen LogP) is 4.06. The van der Waals surface area contributed by atoms with Crippen molar-refractivity contribution in [3.8, 4) is 11.5 Å². The summed E-state index contributed by atoms with van der Waals surface area (Å²) in [5.74, 6) is 1.12. The molecule has 0 aliphatic rings. The Bertz CT molecular complexity index is 1150. The number of nitrogens with zero attached hydrogens (tertiary/aromatic N) is 4. The average Bonchev–Trinajstić information content (AvgIpc) is 3.19. The molecule has 0 aliphatic heterocycles. The summed E-state index contributed by atoms with van der Waals surface area (Å²) in [6.45, 7) is 1.80. The van der Waals surface area contributed by atoms with Gasteiger partial charge in [0.05, 0.1) is 26.8 Å². The average molecular weight is 306 g/mol. The van der Waals surface area contributed by atoms with Gasteiger partial charge in [0.25, 0.3) is 0 Å². The Morgan fingerprint density at radius 1 is 1.00 bits per heavy atom. The van der Waals surface area contributed by atoms with Gasteiger partial charge in [0, 0.05) is 6.92 Å². The minimum atomic E-state index is 0.553. The van der Waals surface area contributed by atoms with Crippen molar-refractivity contribution < 1.29 is 4.42 Å². The van der Waals surface area contributed by atoms with Crippen LogP contribution >= 0.6 is 11.3 Å². The third kappa shape index (κ3) is 1.50. The van der Waals surface area contributed by atoms with Crippen molar-refractivity contribution in [1.82, 2.24) is 19.6 Å². The minimum Gasteiger partial charge on any atom is -0.421 e. The number of imidazole rings is 1. The lowest BCUT2D eigenvalue weighted by Crippen LogP contribution is -1.82. The Morgan fingerprint density at radius 2 is 1.86 bits per heavy atom. The predicted molar refractivity (Wildman–Crippen MR) is 86.1 cm³/mol. The molecule has 0 atom stereocenters. The lowest BCUT2D eigenvalue weighted by atomic mass is 10.2. The molecular formula is C16H10N4OS. The van der Waals surface area contributed by atoms with Gasteiger partial charge in [0.1, 0.15) is 0 Å². The second kappa shape index (κ2) is 4.14. The van der Waals surface area contributed by atoms with Crippen LogP contribution in [-0.4, -0.2) is 19.6 Å². The largest absolute Gasteiger partial charge is 0.421 e. The van der Waals surface area contributed by atoms with Gasteiger partial charge < -0.3 is 4.42 Å². The van der Waals surface area contributed by atoms with Gasteiger partial charge >= 0.3 is 0 Å². The Hall–Kier alpha value is -2.73. The summed E-state index contributed by atoms with van der Waals surface area (Å²) in [5.41, 5.74) is 4.19. The highest BCUT2D eigenvalue weighted by molar-refractivity contribution is 7.24. The zero-order chi connectivity index (χ0) is 14.7. The van der Waals surface area contributed by atoms with Crippen LogP contribution in [0.1, 0.15) is 5.89 Å². The molecule has 0 fully saturated rings. The van der Waals surface area contributed by atoms with Crippen LogP contribution in [0.5, 0.6) is 0 Å². The number of hydrogen-bond donors (Lipinski definition) is 0. The maximum Gasteiger partial charge on any atom is 0.249 e. The van der Waals surface area contributed by atoms with Gasteiger partial charge in [-0.25, -0.2) is 4.98 Å². The Kier molecular flexibility index (Phi) is 2.24. The molecule has 2 aromatic carbocycles. The zero-order valence-electron chi connectivity index (χ0n) is 11.6. The molecular weight excluding hydrogens is 296 g/mol. The number of benzene rings is 2. The molecule has 0 bridgehead atoms. The van der Waals surface area contributed by atoms with E-state index in [0.29, 0.717) is 11.8 Å². The Labute approximate surface area is 128 Å². The van der Waals surface area contributed by atoms with E-state index in [0.717, 1.165) is 31.8 Å². The summed E-state index contributed by atoms with van der Waals surface area (Å²) in [5, 5.41) is 8.07. The van der Waals surface area contributed by atoms with Crippen LogP contribution in [0.15, 0.2) is 46.9 Å². The molecule has 3 heterocycles. The molecule has 0 saturated carbocycles. The monoisotopic (exact) mass is 306 g/mol. The van der Waals surface area contributed by atoms with E-state index < -0.39 is 0 Å². The SMILES string of the molecule is Cc1nnc(-c2cccc3c2sc2nc4ccccc4n23)o1. The standard InChI is InChI=1S/C16H10N4OS/c1-9-18-19-15(21-9)10-5-4-8-13-14(10)22-16-17-11-6-2-3-7-12(11)20(13)16/h2-8H,1H3. The van der Waals surface area contributed by atoms with Crippen LogP contribution in [0, 0.1) is 6.92 Å². The molecule has 5 nitrogen and oxygen atoms in total. The highest BCUT2D eigenvalue weighted by Gasteiger charge is 2.16. The van der Waals surface area contributed by atoms with Crippen LogP contribution in [0.3, 0.4) is 0 Å². The molecule has 5 rings (SSSR count). The Balaban J connectivity index is 1.93. The number of thiazole rings is 1. The highest BCUT2D eigenvalue weighted by atomic mass is 32.1. The van der Waals surface area contributed by atoms with Crippen molar-refractivity contribution in [2.75, 3.05) is 0 Å². The number of rotatable bonds is 1. The molecule has 106 valence electrons. The molecule has 0 saturated heterocycles. The molecule has 22 heavy (non-hydrogen) atoms. The van der Waals surface area contributed by atoms with Crippen LogP contribution in [0.4, 0.5) is 0 Å². The first-order valence-electron chi connectivity index (χ1n) is 6.90. The summed E-state index contributed by atoms with van der Waals surface area (Å²) in [6.07, 6.45) is 0. The molecule has 5 aromatic rings. The van der Waals surface area contributed by atoms with E-state index in [1.54, 1.807) is 18.3 Å². The maximum atomic E-state index is 5.59. The van der Waals surface area contributed by atoms with E-state index in [1.807, 2.05) is 30.3 Å². The molecule has 0 unspecified atom stereocenters. The fourth-order valence-corrected chi connectivity index (χ4v) is 3.92. The molecule has 0 N–H and O–H groups in total. The molecule has 0 radical (unpaired) electrons. The van der Waals surface area contributed by atoms with Crippen molar-refractivity contribution in [2.24, 2.45) is 0 Å². The lowest BCUT2D eigenvalue weighted by molar-refractivity contribution is 0.533. The number of aryl methyl sites for hydroxylation is 1. The van der Waals surface area contributed by atoms with E-state index in [1.165, 1.54) is 0 Å². The first-order chi connectivity index (χ1) is 10.8. The van der Waals surface area contributed by atoms with Crippen LogP contribution in [0.2, 0.25) is 0 Å². The molecule has 0 aliphatic carbocycles. The summed E-state index contributed by atoms with van der Waals surface area (Å²) in [6, 6.07) is 14.3. The van der Waals surface area contributed by atoms with Crippen molar-refractivity contribution in [3.63, 3.8) is 0 Å². The quantitative estimate of drug-likeness (QED) is 0.468. The topological polar surface area (TPSA) is 56.2 Å². The zero-order valence-corrected chi connectivity index (χ0v) is 12.5. The molecule has 0 amide bonds. The van der Waals surface area contributed by atoms with Crippen LogP contribution in [0.25, 0.3) is 37.7 Å². The van der Waals surface area contributed by atoms with E-state index in [2.05, 4.69) is 26.7 Å². The Morgan fingerprint density at radius 3 is 2.73 bits per heavy atom. The van der Waals surface area contributed by atoms with E-state index in [9.17, 15) is 0 Å². The summed E-state index contributed by atoms with van der Waals surface area (Å²) >= 11 is 1.64. The van der Waals surface area contributed by atoms with Crippen LogP contribution < -0.4 is 0 Å². The summed E-state index contributed by atoms with van der Waals surface area (Å²) < 4.78 is 8.89. The molecule has 0 spiro atoms. The first kappa shape index (κ1) is 11.9. The van der Waals surface area contributed by atoms with Crippen LogP contribution in [-0.2, 0) is 0 Å². The fraction of sp³-hybridized carbons (Fsp3) is 0.0625.